The fourth-order valence-electron chi connectivity index (χ4n) is 1.74. The lowest BCUT2D eigenvalue weighted by atomic mass is 10.1. The number of hydrogen-bond donors (Lipinski definition) is 1. The molecule has 0 amide bonds. The van der Waals surface area contributed by atoms with Crippen LogP contribution in [0.15, 0.2) is 6.20 Å². The van der Waals surface area contributed by atoms with Crippen LogP contribution in [0.3, 0.4) is 0 Å². The van der Waals surface area contributed by atoms with Crippen molar-refractivity contribution in [2.45, 2.75) is 25.8 Å². The molecule has 0 spiro atoms. The SMILES string of the molecule is NCC(=O)c1cnc2n1CCCC2. The molecule has 0 aromatic carbocycles. The predicted octanol–water partition coefficient (Wildman–Crippen LogP) is 0.361. The van der Waals surface area contributed by atoms with Crippen molar-refractivity contribution in [3.63, 3.8) is 0 Å². The van der Waals surface area contributed by atoms with E-state index in [0.717, 1.165) is 25.2 Å². The summed E-state index contributed by atoms with van der Waals surface area (Å²) in [5.41, 5.74) is 5.98. The largest absolute Gasteiger partial charge is 0.326 e. The van der Waals surface area contributed by atoms with E-state index in [1.54, 1.807) is 6.20 Å². The van der Waals surface area contributed by atoms with Gasteiger partial charge in [-0.2, -0.15) is 0 Å². The molecule has 1 aliphatic heterocycles. The van der Waals surface area contributed by atoms with Crippen LogP contribution < -0.4 is 5.73 Å². The zero-order valence-electron chi connectivity index (χ0n) is 7.49. The van der Waals surface area contributed by atoms with Crippen molar-refractivity contribution in [1.29, 1.82) is 0 Å². The molecule has 0 saturated heterocycles. The number of imidazole rings is 1. The molecule has 0 saturated carbocycles. The summed E-state index contributed by atoms with van der Waals surface area (Å²) in [7, 11) is 0. The van der Waals surface area contributed by atoms with Gasteiger partial charge in [0, 0.05) is 13.0 Å². The van der Waals surface area contributed by atoms with Crippen molar-refractivity contribution in [2.75, 3.05) is 6.54 Å². The quantitative estimate of drug-likeness (QED) is 0.667. The molecular weight excluding hydrogens is 166 g/mol. The maximum atomic E-state index is 11.4. The number of carbonyl (C=O) groups excluding carboxylic acids is 1. The smallest absolute Gasteiger partial charge is 0.194 e. The second-order valence-electron chi connectivity index (χ2n) is 3.30. The minimum absolute atomic E-state index is 0.0133. The van der Waals surface area contributed by atoms with Gasteiger partial charge in [0.1, 0.15) is 11.5 Å². The van der Waals surface area contributed by atoms with E-state index in [9.17, 15) is 4.79 Å². The Morgan fingerprint density at radius 1 is 1.62 bits per heavy atom. The van der Waals surface area contributed by atoms with Crippen LogP contribution in [0.2, 0.25) is 0 Å². The summed E-state index contributed by atoms with van der Waals surface area (Å²) in [4.78, 5) is 15.6. The molecule has 0 fully saturated rings. The van der Waals surface area contributed by atoms with Gasteiger partial charge in [-0.25, -0.2) is 4.98 Å². The van der Waals surface area contributed by atoms with Gasteiger partial charge in [0.15, 0.2) is 5.78 Å². The van der Waals surface area contributed by atoms with Crippen LogP contribution in [-0.4, -0.2) is 21.9 Å². The molecule has 70 valence electrons. The zero-order valence-corrected chi connectivity index (χ0v) is 7.49. The average Bonchev–Trinajstić information content (AvgIpc) is 2.60. The summed E-state index contributed by atoms with van der Waals surface area (Å²) in [6, 6.07) is 0. The third-order valence-corrected chi connectivity index (χ3v) is 2.44. The summed E-state index contributed by atoms with van der Waals surface area (Å²) >= 11 is 0. The number of aryl methyl sites for hydroxylation is 1. The number of Topliss-reactive ketones (excluding diaryl/α,β-unsaturated/α-hetero) is 1. The van der Waals surface area contributed by atoms with E-state index < -0.39 is 0 Å². The first-order chi connectivity index (χ1) is 6.33. The molecule has 1 aromatic heterocycles. The van der Waals surface area contributed by atoms with E-state index in [0.29, 0.717) is 5.69 Å². The minimum Gasteiger partial charge on any atom is -0.326 e. The van der Waals surface area contributed by atoms with Gasteiger partial charge < -0.3 is 10.3 Å². The van der Waals surface area contributed by atoms with Crippen LogP contribution >= 0.6 is 0 Å². The highest BCUT2D eigenvalue weighted by Crippen LogP contribution is 2.15. The summed E-state index contributed by atoms with van der Waals surface area (Å²) < 4.78 is 2.00. The molecule has 1 aliphatic rings. The highest BCUT2D eigenvalue weighted by molar-refractivity contribution is 5.95. The average molecular weight is 179 g/mol. The first-order valence-corrected chi connectivity index (χ1v) is 4.60. The monoisotopic (exact) mass is 179 g/mol. The summed E-state index contributed by atoms with van der Waals surface area (Å²) in [5, 5.41) is 0. The van der Waals surface area contributed by atoms with Crippen LogP contribution in [0.25, 0.3) is 0 Å². The number of ketones is 1. The van der Waals surface area contributed by atoms with Gasteiger partial charge in [-0.15, -0.1) is 0 Å². The molecule has 4 heteroatoms. The Morgan fingerprint density at radius 2 is 2.46 bits per heavy atom. The normalized spacial score (nSPS) is 15.5. The van der Waals surface area contributed by atoms with Crippen LogP contribution in [0, 0.1) is 0 Å². The number of aromatic nitrogens is 2. The molecule has 2 N–H and O–H groups in total. The van der Waals surface area contributed by atoms with E-state index >= 15 is 0 Å². The lowest BCUT2D eigenvalue weighted by molar-refractivity contribution is 0.0991. The van der Waals surface area contributed by atoms with Crippen molar-refractivity contribution < 1.29 is 4.79 Å². The fourth-order valence-corrected chi connectivity index (χ4v) is 1.74. The highest BCUT2D eigenvalue weighted by Gasteiger charge is 2.17. The number of nitrogens with two attached hydrogens (primary N) is 1. The molecule has 13 heavy (non-hydrogen) atoms. The van der Waals surface area contributed by atoms with E-state index in [1.807, 2.05) is 4.57 Å². The Bertz CT molecular complexity index is 330. The third kappa shape index (κ3) is 1.37. The second kappa shape index (κ2) is 3.30. The van der Waals surface area contributed by atoms with E-state index in [1.165, 1.54) is 6.42 Å². The van der Waals surface area contributed by atoms with Gasteiger partial charge in [-0.1, -0.05) is 0 Å². The zero-order chi connectivity index (χ0) is 9.26. The molecule has 2 heterocycles. The molecule has 0 radical (unpaired) electrons. The predicted molar refractivity (Wildman–Crippen MR) is 48.5 cm³/mol. The summed E-state index contributed by atoms with van der Waals surface area (Å²) in [5.74, 6) is 1.02. The molecule has 0 unspecified atom stereocenters. The van der Waals surface area contributed by atoms with E-state index in [2.05, 4.69) is 4.98 Å². The molecule has 0 atom stereocenters. The first-order valence-electron chi connectivity index (χ1n) is 4.60. The Labute approximate surface area is 76.8 Å². The van der Waals surface area contributed by atoms with Crippen LogP contribution in [0.5, 0.6) is 0 Å². The third-order valence-electron chi connectivity index (χ3n) is 2.44. The lowest BCUT2D eigenvalue weighted by Crippen LogP contribution is -2.20. The highest BCUT2D eigenvalue weighted by atomic mass is 16.1. The number of rotatable bonds is 2. The Morgan fingerprint density at radius 3 is 3.23 bits per heavy atom. The molecule has 0 aliphatic carbocycles. The van der Waals surface area contributed by atoms with Gasteiger partial charge >= 0.3 is 0 Å². The summed E-state index contributed by atoms with van der Waals surface area (Å²) in [6.07, 6.45) is 4.94. The molecule has 0 bridgehead atoms. The van der Waals surface area contributed by atoms with Crippen LogP contribution in [-0.2, 0) is 13.0 Å². The van der Waals surface area contributed by atoms with Crippen molar-refractivity contribution in [3.05, 3.63) is 17.7 Å². The van der Waals surface area contributed by atoms with Crippen molar-refractivity contribution in [2.24, 2.45) is 5.73 Å². The van der Waals surface area contributed by atoms with Crippen molar-refractivity contribution >= 4 is 5.78 Å². The van der Waals surface area contributed by atoms with Gasteiger partial charge in [0.2, 0.25) is 0 Å². The van der Waals surface area contributed by atoms with Crippen molar-refractivity contribution in [3.8, 4) is 0 Å². The van der Waals surface area contributed by atoms with Gasteiger partial charge in [0.25, 0.3) is 0 Å². The molecule has 1 aromatic rings. The van der Waals surface area contributed by atoms with Gasteiger partial charge in [-0.05, 0) is 12.8 Å². The Balaban J connectivity index is 2.36. The fraction of sp³-hybridized carbons (Fsp3) is 0.556. The molecule has 4 nitrogen and oxygen atoms in total. The van der Waals surface area contributed by atoms with Crippen LogP contribution in [0.4, 0.5) is 0 Å². The maximum absolute atomic E-state index is 11.4. The Hall–Kier alpha value is -1.16. The maximum Gasteiger partial charge on any atom is 0.194 e. The number of carbonyl (C=O) groups is 1. The minimum atomic E-state index is -0.0133. The Kier molecular flexibility index (Phi) is 2.14. The van der Waals surface area contributed by atoms with Gasteiger partial charge in [-0.3, -0.25) is 4.79 Å². The summed E-state index contributed by atoms with van der Waals surface area (Å²) in [6.45, 7) is 0.988. The standard InChI is InChI=1S/C9H13N3O/c10-5-8(13)7-6-11-9-3-1-2-4-12(7)9/h6H,1-5,10H2. The van der Waals surface area contributed by atoms with E-state index in [-0.39, 0.29) is 12.3 Å². The van der Waals surface area contributed by atoms with E-state index in [4.69, 9.17) is 5.73 Å². The van der Waals surface area contributed by atoms with Crippen LogP contribution in [0.1, 0.15) is 29.2 Å². The second-order valence-corrected chi connectivity index (χ2v) is 3.30. The topological polar surface area (TPSA) is 60.9 Å². The number of nitrogens with zero attached hydrogens (tertiary/aromatic N) is 2. The van der Waals surface area contributed by atoms with Gasteiger partial charge in [0.05, 0.1) is 12.7 Å². The first kappa shape index (κ1) is 8.44. The number of fused-ring (bicyclic) bond motifs is 1. The molecular formula is C9H13N3O. The number of hydrogen-bond acceptors (Lipinski definition) is 3. The van der Waals surface area contributed by atoms with Crippen molar-refractivity contribution in [1.82, 2.24) is 9.55 Å². The molecule has 2 rings (SSSR count). The lowest BCUT2D eigenvalue weighted by Gasteiger charge is -2.15.